The van der Waals surface area contributed by atoms with Crippen LogP contribution in [-0.2, 0) is 12.8 Å². The number of nitrogens with two attached hydrogens (primary N) is 1. The highest BCUT2D eigenvalue weighted by Crippen LogP contribution is 2.43. The first-order valence-electron chi connectivity index (χ1n) is 12.1. The minimum absolute atomic E-state index is 0.01000. The van der Waals surface area contributed by atoms with Crippen LogP contribution in [0.5, 0.6) is 11.5 Å². The first kappa shape index (κ1) is 27.7. The van der Waals surface area contributed by atoms with Gasteiger partial charge in [0, 0.05) is 11.5 Å². The minimum atomic E-state index is -4.74. The topological polar surface area (TPSA) is 117 Å². The Labute approximate surface area is 235 Å². The number of benzene rings is 2. The van der Waals surface area contributed by atoms with E-state index in [1.54, 1.807) is 54.6 Å². The molecule has 0 unspecified atom stereocenters. The third kappa shape index (κ3) is 5.87. The zero-order chi connectivity index (χ0) is 29.3. The third-order valence-corrected chi connectivity index (χ3v) is 7.18. The molecule has 0 atom stereocenters. The lowest BCUT2D eigenvalue weighted by atomic mass is 10.00. The maximum absolute atomic E-state index is 13.7. The average molecular weight is 582 g/mol. The van der Waals surface area contributed by atoms with Crippen molar-refractivity contribution < 1.29 is 36.7 Å². The van der Waals surface area contributed by atoms with Crippen molar-refractivity contribution in [3.63, 3.8) is 0 Å². The van der Waals surface area contributed by atoms with Crippen LogP contribution in [-0.4, -0.2) is 23.9 Å². The van der Waals surface area contributed by atoms with E-state index in [1.807, 2.05) is 6.92 Å². The number of nitrogens with one attached hydrogen (secondary N) is 1. The summed E-state index contributed by atoms with van der Waals surface area (Å²) in [6, 6.07) is 17.6. The predicted molar refractivity (Wildman–Crippen MR) is 147 cm³/mol. The van der Waals surface area contributed by atoms with Crippen molar-refractivity contribution in [3.05, 3.63) is 94.4 Å². The van der Waals surface area contributed by atoms with Crippen LogP contribution in [0, 0.1) is 6.92 Å². The van der Waals surface area contributed by atoms with Gasteiger partial charge in [-0.25, -0.2) is 4.98 Å². The van der Waals surface area contributed by atoms with Gasteiger partial charge in [-0.3, -0.25) is 9.59 Å². The van der Waals surface area contributed by atoms with Gasteiger partial charge in [-0.1, -0.05) is 35.9 Å². The lowest BCUT2D eigenvalue weighted by molar-refractivity contribution is -0.140. The van der Waals surface area contributed by atoms with E-state index in [0.717, 1.165) is 11.6 Å². The van der Waals surface area contributed by atoms with Gasteiger partial charge in [-0.2, -0.15) is 13.2 Å². The Morgan fingerprint density at radius 3 is 2.46 bits per heavy atom. The number of fused-ring (bicyclic) bond motifs is 1. The number of rotatable bonds is 8. The number of methoxy groups -OCH3 is 1. The standard InChI is InChI=1S/C29H22F3N3O5S/c1-15-6-8-16(9-7-15)20-13-22(29(30,31)32)34-28-23(20)24(25(41-28)26(33)36)35-27(37)21-11-10-19(40-21)14-39-18-5-3-4-17(12-18)38-2/h3-13H,14H2,1-2H3,(H2,33,36)(H,35,37). The van der Waals surface area contributed by atoms with Gasteiger partial charge < -0.3 is 24.9 Å². The van der Waals surface area contributed by atoms with Gasteiger partial charge in [0.1, 0.15) is 39.3 Å². The van der Waals surface area contributed by atoms with E-state index in [2.05, 4.69) is 10.3 Å². The van der Waals surface area contributed by atoms with E-state index in [1.165, 1.54) is 13.2 Å². The first-order valence-corrected chi connectivity index (χ1v) is 12.9. The number of carbonyl (C=O) groups is 2. The highest BCUT2D eigenvalue weighted by atomic mass is 32.1. The maximum Gasteiger partial charge on any atom is 0.433 e. The third-order valence-electron chi connectivity index (χ3n) is 6.09. The molecule has 0 bridgehead atoms. The maximum atomic E-state index is 13.7. The molecule has 0 radical (unpaired) electrons. The number of ether oxygens (including phenoxy) is 2. The van der Waals surface area contributed by atoms with Gasteiger partial charge >= 0.3 is 6.18 Å². The molecule has 0 aliphatic rings. The Morgan fingerprint density at radius 1 is 1.05 bits per heavy atom. The van der Waals surface area contributed by atoms with Gasteiger partial charge in [0.05, 0.1) is 12.8 Å². The Hall–Kier alpha value is -4.84. The fourth-order valence-electron chi connectivity index (χ4n) is 4.10. The summed E-state index contributed by atoms with van der Waals surface area (Å²) in [5.74, 6) is -0.317. The van der Waals surface area contributed by atoms with Crippen molar-refractivity contribution >= 4 is 39.1 Å². The molecule has 0 saturated carbocycles. The second-order valence-electron chi connectivity index (χ2n) is 8.96. The SMILES string of the molecule is COc1cccc(OCc2ccc(C(=O)Nc3c(C(N)=O)sc4nc(C(F)(F)F)cc(-c5ccc(C)cc5)c34)o2)c1. The van der Waals surface area contributed by atoms with Gasteiger partial charge in [0.25, 0.3) is 11.8 Å². The number of amides is 2. The summed E-state index contributed by atoms with van der Waals surface area (Å²) in [5.41, 5.74) is 5.85. The highest BCUT2D eigenvalue weighted by Gasteiger charge is 2.35. The Bertz CT molecular complexity index is 1760. The molecule has 3 aromatic heterocycles. The summed E-state index contributed by atoms with van der Waals surface area (Å²) < 4.78 is 57.7. The fraction of sp³-hybridized carbons (Fsp3) is 0.138. The molecule has 8 nitrogen and oxygen atoms in total. The fourth-order valence-corrected chi connectivity index (χ4v) is 5.10. The van der Waals surface area contributed by atoms with Crippen LogP contribution >= 0.6 is 11.3 Å². The van der Waals surface area contributed by atoms with Crippen LogP contribution in [0.2, 0.25) is 0 Å². The van der Waals surface area contributed by atoms with E-state index in [0.29, 0.717) is 34.2 Å². The highest BCUT2D eigenvalue weighted by molar-refractivity contribution is 7.21. The molecule has 41 heavy (non-hydrogen) atoms. The van der Waals surface area contributed by atoms with Crippen LogP contribution in [0.25, 0.3) is 21.3 Å². The molecule has 0 spiro atoms. The van der Waals surface area contributed by atoms with Crippen molar-refractivity contribution in [3.8, 4) is 22.6 Å². The van der Waals surface area contributed by atoms with Crippen molar-refractivity contribution in [2.24, 2.45) is 5.73 Å². The molecule has 0 saturated heterocycles. The van der Waals surface area contributed by atoms with Crippen molar-refractivity contribution in [1.82, 2.24) is 4.98 Å². The van der Waals surface area contributed by atoms with Gasteiger partial charge in [-0.15, -0.1) is 11.3 Å². The largest absolute Gasteiger partial charge is 0.497 e. The van der Waals surface area contributed by atoms with Crippen LogP contribution < -0.4 is 20.5 Å². The number of halogens is 3. The number of anilines is 1. The van der Waals surface area contributed by atoms with Gasteiger partial charge in [0.15, 0.2) is 5.76 Å². The number of hydrogen-bond acceptors (Lipinski definition) is 7. The van der Waals surface area contributed by atoms with Crippen LogP contribution in [0.3, 0.4) is 0 Å². The summed E-state index contributed by atoms with van der Waals surface area (Å²) in [6.07, 6.45) is -4.74. The molecule has 0 aliphatic heterocycles. The second kappa shape index (κ2) is 11.0. The number of aryl methyl sites for hydroxylation is 1. The molecule has 0 fully saturated rings. The Balaban J connectivity index is 1.50. The Kier molecular flexibility index (Phi) is 7.41. The molecule has 5 aromatic rings. The summed E-state index contributed by atoms with van der Waals surface area (Å²) in [5, 5.41) is 2.77. The van der Waals surface area contributed by atoms with E-state index < -0.39 is 23.7 Å². The van der Waals surface area contributed by atoms with Gasteiger partial charge in [-0.05, 0) is 48.4 Å². The zero-order valence-corrected chi connectivity index (χ0v) is 22.5. The van der Waals surface area contributed by atoms with Crippen LogP contribution in [0.4, 0.5) is 18.9 Å². The lowest BCUT2D eigenvalue weighted by Crippen LogP contribution is -2.16. The number of pyridine rings is 1. The number of thiophene rings is 1. The van der Waals surface area contributed by atoms with E-state index in [9.17, 15) is 22.8 Å². The minimum Gasteiger partial charge on any atom is -0.497 e. The molecule has 5 rings (SSSR count). The molecular formula is C29H22F3N3O5S. The summed E-state index contributed by atoms with van der Waals surface area (Å²) in [7, 11) is 1.53. The van der Waals surface area contributed by atoms with E-state index >= 15 is 0 Å². The molecule has 12 heteroatoms. The molecule has 210 valence electrons. The molecule has 3 heterocycles. The number of nitrogens with zero attached hydrogens (tertiary/aromatic N) is 1. The van der Waals surface area contributed by atoms with Crippen LogP contribution in [0.1, 0.15) is 37.2 Å². The molecule has 2 aromatic carbocycles. The average Bonchev–Trinajstić information content (AvgIpc) is 3.57. The number of carbonyl (C=O) groups excluding carboxylic acids is 2. The summed E-state index contributed by atoms with van der Waals surface area (Å²) in [6.45, 7) is 1.85. The summed E-state index contributed by atoms with van der Waals surface area (Å²) in [4.78, 5) is 29.0. The van der Waals surface area contributed by atoms with E-state index in [4.69, 9.17) is 19.6 Å². The van der Waals surface area contributed by atoms with Crippen molar-refractivity contribution in [1.29, 1.82) is 0 Å². The van der Waals surface area contributed by atoms with E-state index in [-0.39, 0.29) is 38.7 Å². The first-order chi connectivity index (χ1) is 19.5. The van der Waals surface area contributed by atoms with Crippen molar-refractivity contribution in [2.45, 2.75) is 19.7 Å². The number of furan rings is 1. The molecule has 2 amide bonds. The smallest absolute Gasteiger partial charge is 0.433 e. The number of hydrogen-bond donors (Lipinski definition) is 2. The predicted octanol–water partition coefficient (Wildman–Crippen LogP) is 6.82. The normalized spacial score (nSPS) is 11.4. The second-order valence-corrected chi connectivity index (χ2v) is 9.96. The number of primary amides is 1. The molecular weight excluding hydrogens is 559 g/mol. The Morgan fingerprint density at radius 2 is 1.78 bits per heavy atom. The van der Waals surface area contributed by atoms with Crippen molar-refractivity contribution in [2.75, 3.05) is 12.4 Å². The zero-order valence-electron chi connectivity index (χ0n) is 21.7. The van der Waals surface area contributed by atoms with Gasteiger partial charge in [0.2, 0.25) is 0 Å². The number of alkyl halides is 3. The summed E-state index contributed by atoms with van der Waals surface area (Å²) >= 11 is 0.664. The lowest BCUT2D eigenvalue weighted by Gasteiger charge is -2.12. The quantitative estimate of drug-likeness (QED) is 0.208. The molecule has 0 aliphatic carbocycles. The molecule has 3 N–H and O–H groups in total. The number of aromatic nitrogens is 1. The van der Waals surface area contributed by atoms with Crippen LogP contribution in [0.15, 0.2) is 71.1 Å². The monoisotopic (exact) mass is 581 g/mol.